The second kappa shape index (κ2) is 7.96. The standard InChI is InChI=1S/C21H25F2NO2/c1-6-26-17(25)10-16(24)19-20(22)14(5)9-15(21(19)23)18-12(3)7-11(2)8-13(18)4/h7-9,16H,6,10,24H2,1-5H3/t16-/m0/s1. The summed E-state index contributed by atoms with van der Waals surface area (Å²) in [7, 11) is 0. The number of carbonyl (C=O) groups is 1. The van der Waals surface area contributed by atoms with Crippen molar-refractivity contribution >= 4 is 5.97 Å². The molecule has 0 spiro atoms. The molecule has 5 heteroatoms. The second-order valence-corrected chi connectivity index (χ2v) is 6.67. The van der Waals surface area contributed by atoms with Crippen LogP contribution in [-0.2, 0) is 9.53 Å². The Morgan fingerprint density at radius 3 is 2.15 bits per heavy atom. The van der Waals surface area contributed by atoms with Crippen LogP contribution in [-0.4, -0.2) is 12.6 Å². The normalized spacial score (nSPS) is 12.2. The highest BCUT2D eigenvalue weighted by Gasteiger charge is 2.25. The maximum atomic E-state index is 15.3. The number of carbonyl (C=O) groups excluding carboxylic acids is 1. The van der Waals surface area contributed by atoms with Gasteiger partial charge in [0.15, 0.2) is 0 Å². The summed E-state index contributed by atoms with van der Waals surface area (Å²) in [4.78, 5) is 11.7. The molecular formula is C21H25F2NO2. The molecule has 26 heavy (non-hydrogen) atoms. The minimum absolute atomic E-state index is 0.192. The minimum atomic E-state index is -1.11. The number of ether oxygens (including phenoxy) is 1. The van der Waals surface area contributed by atoms with Crippen molar-refractivity contribution in [1.82, 2.24) is 0 Å². The summed E-state index contributed by atoms with van der Waals surface area (Å²) in [5.41, 5.74) is 9.87. The van der Waals surface area contributed by atoms with Crippen molar-refractivity contribution < 1.29 is 18.3 Å². The third-order valence-corrected chi connectivity index (χ3v) is 4.43. The van der Waals surface area contributed by atoms with Crippen molar-refractivity contribution in [3.8, 4) is 11.1 Å². The zero-order valence-corrected chi connectivity index (χ0v) is 15.9. The second-order valence-electron chi connectivity index (χ2n) is 6.67. The summed E-state index contributed by atoms with van der Waals surface area (Å²) in [6.07, 6.45) is -0.281. The molecule has 0 aliphatic rings. The summed E-state index contributed by atoms with van der Waals surface area (Å²) in [6.45, 7) is 9.18. The molecule has 0 fully saturated rings. The molecule has 0 aromatic heterocycles. The molecule has 0 saturated carbocycles. The van der Waals surface area contributed by atoms with E-state index in [1.165, 1.54) is 6.07 Å². The van der Waals surface area contributed by atoms with Crippen molar-refractivity contribution in [1.29, 1.82) is 0 Å². The maximum absolute atomic E-state index is 15.3. The summed E-state index contributed by atoms with van der Waals surface area (Å²) < 4.78 is 34.8. The van der Waals surface area contributed by atoms with Crippen LogP contribution in [0.4, 0.5) is 8.78 Å². The van der Waals surface area contributed by atoms with Crippen LogP contribution >= 0.6 is 0 Å². The number of esters is 1. The van der Waals surface area contributed by atoms with E-state index >= 15 is 4.39 Å². The molecule has 3 nitrogen and oxygen atoms in total. The fourth-order valence-corrected chi connectivity index (χ4v) is 3.41. The average molecular weight is 361 g/mol. The third-order valence-electron chi connectivity index (χ3n) is 4.43. The van der Waals surface area contributed by atoms with E-state index in [4.69, 9.17) is 10.5 Å². The van der Waals surface area contributed by atoms with Gasteiger partial charge in [-0.05, 0) is 62.9 Å². The zero-order chi connectivity index (χ0) is 19.6. The lowest BCUT2D eigenvalue weighted by Crippen LogP contribution is -2.20. The first-order valence-corrected chi connectivity index (χ1v) is 8.65. The van der Waals surface area contributed by atoms with Crippen LogP contribution in [0, 0.1) is 39.3 Å². The smallest absolute Gasteiger partial charge is 0.307 e. The molecule has 0 amide bonds. The first kappa shape index (κ1) is 20.0. The Bertz CT molecular complexity index is 823. The number of hydrogen-bond acceptors (Lipinski definition) is 3. The first-order valence-electron chi connectivity index (χ1n) is 8.65. The van der Waals surface area contributed by atoms with Gasteiger partial charge in [0, 0.05) is 17.2 Å². The van der Waals surface area contributed by atoms with E-state index in [1.807, 2.05) is 32.9 Å². The average Bonchev–Trinajstić information content (AvgIpc) is 2.51. The highest BCUT2D eigenvalue weighted by molar-refractivity contribution is 5.74. The largest absolute Gasteiger partial charge is 0.466 e. The molecule has 0 bridgehead atoms. The summed E-state index contributed by atoms with van der Waals surface area (Å²) in [6, 6.07) is 4.30. The number of hydrogen-bond donors (Lipinski definition) is 1. The highest BCUT2D eigenvalue weighted by Crippen LogP contribution is 2.36. The van der Waals surface area contributed by atoms with Gasteiger partial charge < -0.3 is 10.5 Å². The molecule has 0 aliphatic heterocycles. The fraction of sp³-hybridized carbons (Fsp3) is 0.381. The van der Waals surface area contributed by atoms with E-state index in [-0.39, 0.29) is 24.2 Å². The summed E-state index contributed by atoms with van der Waals surface area (Å²) in [5.74, 6) is -2.02. The maximum Gasteiger partial charge on any atom is 0.307 e. The van der Waals surface area contributed by atoms with Crippen molar-refractivity contribution in [2.24, 2.45) is 5.73 Å². The number of halogens is 2. The van der Waals surface area contributed by atoms with Crippen LogP contribution in [0.1, 0.15) is 47.2 Å². The van der Waals surface area contributed by atoms with Crippen LogP contribution in [0.2, 0.25) is 0 Å². The van der Waals surface area contributed by atoms with Gasteiger partial charge in [0.2, 0.25) is 0 Å². The van der Waals surface area contributed by atoms with Crippen LogP contribution in [0.5, 0.6) is 0 Å². The minimum Gasteiger partial charge on any atom is -0.466 e. The Morgan fingerprint density at radius 2 is 1.62 bits per heavy atom. The van der Waals surface area contributed by atoms with Gasteiger partial charge in [0.1, 0.15) is 11.6 Å². The van der Waals surface area contributed by atoms with Crippen molar-refractivity contribution in [2.45, 2.75) is 47.1 Å². The van der Waals surface area contributed by atoms with E-state index in [2.05, 4.69) is 0 Å². The van der Waals surface area contributed by atoms with E-state index in [9.17, 15) is 9.18 Å². The SMILES string of the molecule is CCOC(=O)C[C@H](N)c1c(F)c(C)cc(-c2c(C)cc(C)cc2C)c1F. The van der Waals surface area contributed by atoms with E-state index in [0.717, 1.165) is 22.3 Å². The molecule has 0 saturated heterocycles. The van der Waals surface area contributed by atoms with Gasteiger partial charge in [0.25, 0.3) is 0 Å². The van der Waals surface area contributed by atoms with Crippen LogP contribution in [0.25, 0.3) is 11.1 Å². The number of benzene rings is 2. The fourth-order valence-electron chi connectivity index (χ4n) is 3.41. The van der Waals surface area contributed by atoms with Gasteiger partial charge in [0.05, 0.1) is 13.0 Å². The Balaban J connectivity index is 2.62. The molecule has 0 unspecified atom stereocenters. The monoisotopic (exact) mass is 361 g/mol. The van der Waals surface area contributed by atoms with E-state index < -0.39 is 23.6 Å². The van der Waals surface area contributed by atoms with Crippen molar-refractivity contribution in [3.05, 3.63) is 57.7 Å². The molecule has 2 aromatic carbocycles. The van der Waals surface area contributed by atoms with Gasteiger partial charge in [-0.15, -0.1) is 0 Å². The molecular weight excluding hydrogens is 336 g/mol. The predicted molar refractivity (Wildman–Crippen MR) is 98.9 cm³/mol. The van der Waals surface area contributed by atoms with Gasteiger partial charge >= 0.3 is 5.97 Å². The highest BCUT2D eigenvalue weighted by atomic mass is 19.1. The number of aryl methyl sites for hydroxylation is 4. The van der Waals surface area contributed by atoms with E-state index in [0.29, 0.717) is 5.56 Å². The van der Waals surface area contributed by atoms with Crippen LogP contribution < -0.4 is 5.73 Å². The molecule has 0 heterocycles. The Kier molecular flexibility index (Phi) is 6.13. The van der Waals surface area contributed by atoms with Gasteiger partial charge in [-0.3, -0.25) is 4.79 Å². The molecule has 2 rings (SSSR count). The number of nitrogens with two attached hydrogens (primary N) is 1. The molecule has 0 aliphatic carbocycles. The van der Waals surface area contributed by atoms with E-state index in [1.54, 1.807) is 13.8 Å². The molecule has 1 atom stereocenters. The molecule has 140 valence electrons. The van der Waals surface area contributed by atoms with Crippen LogP contribution in [0.15, 0.2) is 18.2 Å². The van der Waals surface area contributed by atoms with Crippen LogP contribution in [0.3, 0.4) is 0 Å². The lowest BCUT2D eigenvalue weighted by atomic mass is 9.89. The predicted octanol–water partition coefficient (Wildman–Crippen LogP) is 4.82. The zero-order valence-electron chi connectivity index (χ0n) is 15.9. The van der Waals surface area contributed by atoms with Crippen molar-refractivity contribution in [3.63, 3.8) is 0 Å². The third kappa shape index (κ3) is 3.93. The topological polar surface area (TPSA) is 52.3 Å². The summed E-state index contributed by atoms with van der Waals surface area (Å²) in [5, 5.41) is 0. The molecule has 2 aromatic rings. The van der Waals surface area contributed by atoms with Crippen molar-refractivity contribution in [2.75, 3.05) is 6.61 Å². The van der Waals surface area contributed by atoms with Gasteiger partial charge in [-0.2, -0.15) is 0 Å². The molecule has 0 radical (unpaired) electrons. The Morgan fingerprint density at radius 1 is 1.04 bits per heavy atom. The Labute approximate surface area is 153 Å². The summed E-state index contributed by atoms with van der Waals surface area (Å²) >= 11 is 0. The quantitative estimate of drug-likeness (QED) is 0.777. The first-order chi connectivity index (χ1) is 12.2. The lowest BCUT2D eigenvalue weighted by molar-refractivity contribution is -0.143. The lowest BCUT2D eigenvalue weighted by Gasteiger charge is -2.19. The van der Waals surface area contributed by atoms with Gasteiger partial charge in [-0.25, -0.2) is 8.78 Å². The molecule has 2 N–H and O–H groups in total. The Hall–Kier alpha value is -2.27. The number of rotatable bonds is 5. The van der Waals surface area contributed by atoms with Gasteiger partial charge in [-0.1, -0.05) is 17.7 Å².